The third-order valence-electron chi connectivity index (χ3n) is 5.41. The number of amides is 2. The zero-order valence-corrected chi connectivity index (χ0v) is 18.6. The van der Waals surface area contributed by atoms with Gasteiger partial charge in [-0.05, 0) is 65.4 Å². The molecule has 1 saturated heterocycles. The topological polar surface area (TPSA) is 61.4 Å². The van der Waals surface area contributed by atoms with Gasteiger partial charge < -0.3 is 10.6 Å². The number of hydrogen-bond donors (Lipinski definition) is 2. The van der Waals surface area contributed by atoms with Crippen molar-refractivity contribution in [1.82, 2.24) is 10.2 Å². The molecule has 0 bridgehead atoms. The predicted molar refractivity (Wildman–Crippen MR) is 120 cm³/mol. The molecule has 29 heavy (non-hydrogen) atoms. The van der Waals surface area contributed by atoms with E-state index < -0.39 is 0 Å². The molecule has 0 unspecified atom stereocenters. The van der Waals surface area contributed by atoms with Crippen molar-refractivity contribution >= 4 is 33.4 Å². The lowest BCUT2D eigenvalue weighted by molar-refractivity contribution is -0.117. The van der Waals surface area contributed by atoms with Crippen LogP contribution in [-0.4, -0.2) is 42.4 Å². The van der Waals surface area contributed by atoms with Crippen LogP contribution in [0.25, 0.3) is 0 Å². The maximum atomic E-state index is 12.6. The average molecular weight is 458 g/mol. The molecule has 0 aliphatic carbocycles. The first kappa shape index (κ1) is 21.5. The highest BCUT2D eigenvalue weighted by Crippen LogP contribution is 2.21. The molecule has 1 fully saturated rings. The molecule has 0 aromatic heterocycles. The molecule has 2 aromatic rings. The molecule has 0 atom stereocenters. The average Bonchev–Trinajstić information content (AvgIpc) is 2.71. The number of benzene rings is 2. The number of halogens is 1. The summed E-state index contributed by atoms with van der Waals surface area (Å²) in [5.41, 5.74) is 3.84. The number of rotatable bonds is 6. The highest BCUT2D eigenvalue weighted by atomic mass is 79.9. The van der Waals surface area contributed by atoms with Crippen LogP contribution in [0.5, 0.6) is 0 Å². The SMILES string of the molecule is CCc1cccc(C)c1NC(=O)CN1CCC(NC(=O)c2ccccc2Br)CC1. The summed E-state index contributed by atoms with van der Waals surface area (Å²) in [6.45, 7) is 6.08. The van der Waals surface area contributed by atoms with Crippen molar-refractivity contribution in [3.05, 3.63) is 63.6 Å². The summed E-state index contributed by atoms with van der Waals surface area (Å²) >= 11 is 3.43. The zero-order valence-electron chi connectivity index (χ0n) is 17.0. The minimum atomic E-state index is -0.0553. The van der Waals surface area contributed by atoms with Gasteiger partial charge in [0, 0.05) is 29.3 Å². The van der Waals surface area contributed by atoms with Crippen LogP contribution >= 0.6 is 15.9 Å². The van der Waals surface area contributed by atoms with E-state index in [0.717, 1.165) is 53.6 Å². The van der Waals surface area contributed by atoms with Crippen LogP contribution in [0.3, 0.4) is 0 Å². The second-order valence-corrected chi connectivity index (χ2v) is 8.37. The molecule has 1 heterocycles. The zero-order chi connectivity index (χ0) is 20.8. The predicted octanol–water partition coefficient (Wildman–Crippen LogP) is 4.15. The number of nitrogens with one attached hydrogen (secondary N) is 2. The minimum absolute atomic E-state index is 0.0182. The largest absolute Gasteiger partial charge is 0.349 e. The van der Waals surface area contributed by atoms with Gasteiger partial charge >= 0.3 is 0 Å². The Hall–Kier alpha value is -2.18. The molecule has 2 aromatic carbocycles. The maximum Gasteiger partial charge on any atom is 0.252 e. The Morgan fingerprint density at radius 3 is 2.52 bits per heavy atom. The summed E-state index contributed by atoms with van der Waals surface area (Å²) in [5, 5.41) is 6.21. The Labute approximate surface area is 181 Å². The summed E-state index contributed by atoms with van der Waals surface area (Å²) in [6.07, 6.45) is 2.57. The molecule has 154 valence electrons. The first-order chi connectivity index (χ1) is 14.0. The smallest absolute Gasteiger partial charge is 0.252 e. The molecule has 1 aliphatic heterocycles. The minimum Gasteiger partial charge on any atom is -0.349 e. The molecule has 0 spiro atoms. The van der Waals surface area contributed by atoms with Crippen LogP contribution in [-0.2, 0) is 11.2 Å². The van der Waals surface area contributed by atoms with E-state index in [0.29, 0.717) is 12.1 Å². The Morgan fingerprint density at radius 1 is 1.10 bits per heavy atom. The van der Waals surface area contributed by atoms with E-state index in [4.69, 9.17) is 0 Å². The monoisotopic (exact) mass is 457 g/mol. The van der Waals surface area contributed by atoms with Gasteiger partial charge in [0.25, 0.3) is 5.91 Å². The quantitative estimate of drug-likeness (QED) is 0.684. The van der Waals surface area contributed by atoms with Crippen molar-refractivity contribution < 1.29 is 9.59 Å². The fourth-order valence-electron chi connectivity index (χ4n) is 3.73. The number of likely N-dealkylation sites (tertiary alicyclic amines) is 1. The van der Waals surface area contributed by atoms with E-state index in [1.807, 2.05) is 43.3 Å². The normalized spacial score (nSPS) is 15.1. The molecule has 6 heteroatoms. The van der Waals surface area contributed by atoms with E-state index >= 15 is 0 Å². The maximum absolute atomic E-state index is 12.6. The van der Waals surface area contributed by atoms with Gasteiger partial charge in [0.05, 0.1) is 12.1 Å². The Balaban J connectivity index is 1.48. The first-order valence-electron chi connectivity index (χ1n) is 10.1. The van der Waals surface area contributed by atoms with Crippen LogP contribution in [0.1, 0.15) is 41.3 Å². The van der Waals surface area contributed by atoms with Crippen molar-refractivity contribution in [2.45, 2.75) is 39.2 Å². The Bertz CT molecular complexity index is 876. The van der Waals surface area contributed by atoms with Gasteiger partial charge in [0.2, 0.25) is 5.91 Å². The van der Waals surface area contributed by atoms with E-state index in [1.165, 1.54) is 0 Å². The van der Waals surface area contributed by atoms with Crippen LogP contribution in [0, 0.1) is 6.92 Å². The van der Waals surface area contributed by atoms with Gasteiger partial charge in [-0.1, -0.05) is 37.3 Å². The molecule has 3 rings (SSSR count). The summed E-state index contributed by atoms with van der Waals surface area (Å²) in [4.78, 5) is 27.2. The Kier molecular flexibility index (Phi) is 7.45. The molecule has 0 saturated carbocycles. The molecule has 0 radical (unpaired) electrons. The van der Waals surface area contributed by atoms with Crippen molar-refractivity contribution in [2.75, 3.05) is 25.0 Å². The second-order valence-electron chi connectivity index (χ2n) is 7.51. The van der Waals surface area contributed by atoms with Crippen molar-refractivity contribution in [3.8, 4) is 0 Å². The number of nitrogens with zero attached hydrogens (tertiary/aromatic N) is 1. The highest BCUT2D eigenvalue weighted by Gasteiger charge is 2.23. The van der Waals surface area contributed by atoms with Gasteiger partial charge in [0.15, 0.2) is 0 Å². The van der Waals surface area contributed by atoms with Gasteiger partial charge in [0.1, 0.15) is 0 Å². The van der Waals surface area contributed by atoms with E-state index in [2.05, 4.69) is 44.5 Å². The lowest BCUT2D eigenvalue weighted by Crippen LogP contribution is -2.46. The number of hydrogen-bond acceptors (Lipinski definition) is 3. The van der Waals surface area contributed by atoms with E-state index in [-0.39, 0.29) is 17.9 Å². The number of para-hydroxylation sites is 1. The van der Waals surface area contributed by atoms with Crippen LogP contribution in [0.2, 0.25) is 0 Å². The number of anilines is 1. The lowest BCUT2D eigenvalue weighted by Gasteiger charge is -2.32. The van der Waals surface area contributed by atoms with Crippen molar-refractivity contribution in [2.24, 2.45) is 0 Å². The molecule has 2 N–H and O–H groups in total. The summed E-state index contributed by atoms with van der Waals surface area (Å²) < 4.78 is 0.800. The first-order valence-corrected chi connectivity index (χ1v) is 10.9. The highest BCUT2D eigenvalue weighted by molar-refractivity contribution is 9.10. The fourth-order valence-corrected chi connectivity index (χ4v) is 4.19. The van der Waals surface area contributed by atoms with Crippen LogP contribution in [0.4, 0.5) is 5.69 Å². The van der Waals surface area contributed by atoms with Gasteiger partial charge in [-0.2, -0.15) is 0 Å². The second kappa shape index (κ2) is 10.0. The standard InChI is InChI=1S/C23H28BrN3O2/c1-3-17-8-6-7-16(2)22(17)26-21(28)15-27-13-11-18(12-14-27)25-23(29)19-9-4-5-10-20(19)24/h4-10,18H,3,11-15H2,1-2H3,(H,25,29)(H,26,28). The summed E-state index contributed by atoms with van der Waals surface area (Å²) in [6, 6.07) is 13.7. The van der Waals surface area contributed by atoms with Crippen molar-refractivity contribution in [3.63, 3.8) is 0 Å². The third kappa shape index (κ3) is 5.67. The van der Waals surface area contributed by atoms with Gasteiger partial charge in [-0.15, -0.1) is 0 Å². The lowest BCUT2D eigenvalue weighted by atomic mass is 10.0. The third-order valence-corrected chi connectivity index (χ3v) is 6.10. The van der Waals surface area contributed by atoms with Gasteiger partial charge in [-0.25, -0.2) is 0 Å². The summed E-state index contributed by atoms with van der Waals surface area (Å²) in [7, 11) is 0. The number of aryl methyl sites for hydroxylation is 2. The molecule has 1 aliphatic rings. The van der Waals surface area contributed by atoms with Crippen LogP contribution < -0.4 is 10.6 Å². The van der Waals surface area contributed by atoms with Crippen molar-refractivity contribution in [1.29, 1.82) is 0 Å². The molecule has 2 amide bonds. The van der Waals surface area contributed by atoms with Gasteiger partial charge in [-0.3, -0.25) is 14.5 Å². The van der Waals surface area contributed by atoms with Crippen LogP contribution in [0.15, 0.2) is 46.9 Å². The molecular formula is C23H28BrN3O2. The van der Waals surface area contributed by atoms with E-state index in [1.54, 1.807) is 0 Å². The Morgan fingerprint density at radius 2 is 1.83 bits per heavy atom. The van der Waals surface area contributed by atoms with E-state index in [9.17, 15) is 9.59 Å². The molecule has 5 nitrogen and oxygen atoms in total. The number of carbonyl (C=O) groups is 2. The molecular weight excluding hydrogens is 430 g/mol. The number of carbonyl (C=O) groups excluding carboxylic acids is 2. The summed E-state index contributed by atoms with van der Waals surface area (Å²) in [5.74, 6) is -0.0370. The number of piperidine rings is 1. The fraction of sp³-hybridized carbons (Fsp3) is 0.391.